The summed E-state index contributed by atoms with van der Waals surface area (Å²) in [6.45, 7) is 3.52. The van der Waals surface area contributed by atoms with Crippen LogP contribution in [0.15, 0.2) is 18.2 Å². The van der Waals surface area contributed by atoms with Gasteiger partial charge in [-0.15, -0.1) is 0 Å². The van der Waals surface area contributed by atoms with Crippen molar-refractivity contribution in [2.75, 3.05) is 19.1 Å². The number of benzene rings is 1. The molecule has 0 N–H and O–H groups in total. The van der Waals surface area contributed by atoms with E-state index < -0.39 is 5.54 Å². The zero-order valence-electron chi connectivity index (χ0n) is 9.91. The van der Waals surface area contributed by atoms with E-state index in [1.165, 1.54) is 19.2 Å². The van der Waals surface area contributed by atoms with E-state index in [2.05, 4.69) is 6.07 Å². The average Bonchev–Trinajstić information content (AvgIpc) is 2.28. The Morgan fingerprint density at radius 3 is 2.56 bits per heavy atom. The summed E-state index contributed by atoms with van der Waals surface area (Å²) in [5.74, 6) is 0.198. The highest BCUT2D eigenvalue weighted by atomic mass is 19.1. The van der Waals surface area contributed by atoms with Gasteiger partial charge in [-0.05, 0) is 26.0 Å². The maximum Gasteiger partial charge on any atom is 0.142 e. The van der Waals surface area contributed by atoms with Crippen LogP contribution in [0.25, 0.3) is 0 Å². The number of anilines is 1. The van der Waals surface area contributed by atoms with Gasteiger partial charge in [0.1, 0.15) is 17.1 Å². The second kappa shape index (κ2) is 4.40. The van der Waals surface area contributed by atoms with Crippen LogP contribution in [0.4, 0.5) is 10.1 Å². The van der Waals surface area contributed by atoms with E-state index in [1.807, 2.05) is 0 Å². The van der Waals surface area contributed by atoms with Crippen LogP contribution < -0.4 is 9.64 Å². The highest BCUT2D eigenvalue weighted by molar-refractivity contribution is 5.60. The lowest BCUT2D eigenvalue weighted by atomic mass is 10.0. The van der Waals surface area contributed by atoms with Crippen molar-refractivity contribution in [3.05, 3.63) is 24.0 Å². The standard InChI is InChI=1S/C12H15FN2O/c1-12(2,8-14)15(3)10-7-9(13)5-6-11(10)16-4/h5-7H,1-4H3. The van der Waals surface area contributed by atoms with Crippen molar-refractivity contribution in [3.8, 4) is 11.8 Å². The number of hydrogen-bond acceptors (Lipinski definition) is 3. The zero-order valence-corrected chi connectivity index (χ0v) is 9.91. The minimum Gasteiger partial charge on any atom is -0.495 e. The van der Waals surface area contributed by atoms with E-state index in [-0.39, 0.29) is 5.82 Å². The molecule has 86 valence electrons. The maximum absolute atomic E-state index is 13.2. The molecule has 1 aromatic carbocycles. The molecule has 0 heterocycles. The van der Waals surface area contributed by atoms with Crippen LogP contribution >= 0.6 is 0 Å². The first-order chi connectivity index (χ1) is 7.42. The molecule has 0 aromatic heterocycles. The number of halogens is 1. The third-order valence-corrected chi connectivity index (χ3v) is 2.61. The van der Waals surface area contributed by atoms with Gasteiger partial charge in [-0.2, -0.15) is 5.26 Å². The Labute approximate surface area is 95.1 Å². The number of rotatable bonds is 3. The summed E-state index contributed by atoms with van der Waals surface area (Å²) in [7, 11) is 3.25. The quantitative estimate of drug-likeness (QED) is 0.788. The van der Waals surface area contributed by atoms with Crippen molar-refractivity contribution in [3.63, 3.8) is 0 Å². The van der Waals surface area contributed by atoms with Crippen molar-refractivity contribution in [1.82, 2.24) is 0 Å². The molecule has 0 saturated carbocycles. The van der Waals surface area contributed by atoms with Crippen molar-refractivity contribution in [1.29, 1.82) is 5.26 Å². The molecule has 4 heteroatoms. The predicted molar refractivity (Wildman–Crippen MR) is 61.0 cm³/mol. The molecule has 3 nitrogen and oxygen atoms in total. The fourth-order valence-electron chi connectivity index (χ4n) is 1.30. The van der Waals surface area contributed by atoms with Crippen LogP contribution in [0.3, 0.4) is 0 Å². The largest absolute Gasteiger partial charge is 0.495 e. The van der Waals surface area contributed by atoms with Gasteiger partial charge in [0, 0.05) is 13.1 Å². The van der Waals surface area contributed by atoms with Gasteiger partial charge in [0.15, 0.2) is 0 Å². The van der Waals surface area contributed by atoms with Crippen LogP contribution in [-0.4, -0.2) is 19.7 Å². The van der Waals surface area contributed by atoms with Crippen LogP contribution in [0.2, 0.25) is 0 Å². The van der Waals surface area contributed by atoms with Gasteiger partial charge in [0.2, 0.25) is 0 Å². The Hall–Kier alpha value is -1.76. The fraction of sp³-hybridized carbons (Fsp3) is 0.417. The van der Waals surface area contributed by atoms with Crippen LogP contribution in [0.1, 0.15) is 13.8 Å². The monoisotopic (exact) mass is 222 g/mol. The Morgan fingerprint density at radius 1 is 1.44 bits per heavy atom. The number of nitriles is 1. The average molecular weight is 222 g/mol. The van der Waals surface area contributed by atoms with Crippen LogP contribution in [-0.2, 0) is 0 Å². The zero-order chi connectivity index (χ0) is 12.3. The van der Waals surface area contributed by atoms with E-state index in [1.54, 1.807) is 31.9 Å². The van der Waals surface area contributed by atoms with Crippen molar-refractivity contribution in [2.24, 2.45) is 0 Å². The lowest BCUT2D eigenvalue weighted by Gasteiger charge is -2.32. The Balaban J connectivity index is 3.22. The summed E-state index contributed by atoms with van der Waals surface area (Å²) < 4.78 is 18.3. The summed E-state index contributed by atoms with van der Waals surface area (Å²) >= 11 is 0. The Kier molecular flexibility index (Phi) is 3.38. The molecule has 0 amide bonds. The third kappa shape index (κ3) is 2.25. The normalized spacial score (nSPS) is 10.8. The van der Waals surface area contributed by atoms with Gasteiger partial charge in [-0.1, -0.05) is 0 Å². The molecule has 0 spiro atoms. The number of ether oxygens (including phenoxy) is 1. The van der Waals surface area contributed by atoms with Gasteiger partial charge in [0.05, 0.1) is 18.9 Å². The first kappa shape index (κ1) is 12.3. The van der Waals surface area contributed by atoms with E-state index in [4.69, 9.17) is 10.00 Å². The minimum absolute atomic E-state index is 0.351. The molecule has 0 bridgehead atoms. The van der Waals surface area contributed by atoms with E-state index in [9.17, 15) is 4.39 Å². The molecule has 0 fully saturated rings. The second-order valence-corrected chi connectivity index (χ2v) is 4.05. The van der Waals surface area contributed by atoms with Crippen molar-refractivity contribution >= 4 is 5.69 Å². The predicted octanol–water partition coefficient (Wildman–Crippen LogP) is 2.57. The molecule has 0 radical (unpaired) electrons. The van der Waals surface area contributed by atoms with E-state index >= 15 is 0 Å². The van der Waals surface area contributed by atoms with Crippen molar-refractivity contribution in [2.45, 2.75) is 19.4 Å². The summed E-state index contributed by atoms with van der Waals surface area (Å²) in [5, 5.41) is 9.03. The molecule has 0 saturated heterocycles. The lowest BCUT2D eigenvalue weighted by molar-refractivity contribution is 0.411. The molecule has 0 unspecified atom stereocenters. The molecular weight excluding hydrogens is 207 g/mol. The molecule has 16 heavy (non-hydrogen) atoms. The number of methoxy groups -OCH3 is 1. The topological polar surface area (TPSA) is 36.3 Å². The summed E-state index contributed by atoms with van der Waals surface area (Å²) in [6.07, 6.45) is 0. The second-order valence-electron chi connectivity index (χ2n) is 4.05. The van der Waals surface area contributed by atoms with Crippen LogP contribution in [0.5, 0.6) is 5.75 Å². The van der Waals surface area contributed by atoms with Crippen LogP contribution in [0, 0.1) is 17.1 Å². The van der Waals surface area contributed by atoms with Gasteiger partial charge >= 0.3 is 0 Å². The van der Waals surface area contributed by atoms with E-state index in [0.29, 0.717) is 11.4 Å². The molecule has 1 aromatic rings. The van der Waals surface area contributed by atoms with Crippen molar-refractivity contribution < 1.29 is 9.13 Å². The summed E-state index contributed by atoms with van der Waals surface area (Å²) in [6, 6.07) is 6.40. The molecule has 0 aliphatic heterocycles. The molecule has 0 atom stereocenters. The molecule has 0 aliphatic rings. The first-order valence-electron chi connectivity index (χ1n) is 4.91. The smallest absolute Gasteiger partial charge is 0.142 e. The third-order valence-electron chi connectivity index (χ3n) is 2.61. The number of hydrogen-bond donors (Lipinski definition) is 0. The minimum atomic E-state index is -0.721. The Morgan fingerprint density at radius 2 is 2.06 bits per heavy atom. The fourth-order valence-corrected chi connectivity index (χ4v) is 1.30. The Bertz CT molecular complexity index is 424. The molecule has 1 rings (SSSR count). The van der Waals surface area contributed by atoms with Gasteiger partial charge in [-0.25, -0.2) is 4.39 Å². The van der Waals surface area contributed by atoms with Gasteiger partial charge < -0.3 is 9.64 Å². The first-order valence-corrected chi connectivity index (χ1v) is 4.91. The number of nitrogens with zero attached hydrogens (tertiary/aromatic N) is 2. The summed E-state index contributed by atoms with van der Waals surface area (Å²) in [4.78, 5) is 1.69. The highest BCUT2D eigenvalue weighted by Crippen LogP contribution is 2.32. The maximum atomic E-state index is 13.2. The van der Waals surface area contributed by atoms with Gasteiger partial charge in [-0.3, -0.25) is 0 Å². The highest BCUT2D eigenvalue weighted by Gasteiger charge is 2.25. The SMILES string of the molecule is COc1ccc(F)cc1N(C)C(C)(C)C#N. The van der Waals surface area contributed by atoms with Gasteiger partial charge in [0.25, 0.3) is 0 Å². The molecule has 0 aliphatic carbocycles. The molecular formula is C12H15FN2O. The van der Waals surface area contributed by atoms with E-state index in [0.717, 1.165) is 0 Å². The lowest BCUT2D eigenvalue weighted by Crippen LogP contribution is -2.39. The summed E-state index contributed by atoms with van der Waals surface area (Å²) in [5.41, 5.74) is -0.157.